The monoisotopic (exact) mass is 200 g/mol. The molecular formula is C12H24O2. The molecule has 0 aromatic heterocycles. The number of carbonyl (C=O) groups is 1. The van der Waals surface area contributed by atoms with Crippen LogP contribution in [0.3, 0.4) is 0 Å². The van der Waals surface area contributed by atoms with Gasteiger partial charge in [-0.05, 0) is 24.2 Å². The van der Waals surface area contributed by atoms with Crippen LogP contribution >= 0.6 is 0 Å². The summed E-state index contributed by atoms with van der Waals surface area (Å²) in [5.74, 6) is 0.735. The minimum absolute atomic E-state index is 0.245. The van der Waals surface area contributed by atoms with Gasteiger partial charge < -0.3 is 4.74 Å². The van der Waals surface area contributed by atoms with Gasteiger partial charge in [0.2, 0.25) is 0 Å². The fourth-order valence-corrected chi connectivity index (χ4v) is 2.08. The van der Waals surface area contributed by atoms with E-state index in [1.54, 1.807) is 0 Å². The number of ether oxygens (including phenoxy) is 1. The van der Waals surface area contributed by atoms with Gasteiger partial charge >= 0.3 is 5.97 Å². The molecule has 2 nitrogen and oxygen atoms in total. The largest absolute Gasteiger partial charge is 0.469 e. The highest BCUT2D eigenvalue weighted by Gasteiger charge is 2.24. The average molecular weight is 200 g/mol. The molecular weight excluding hydrogens is 176 g/mol. The average Bonchev–Trinajstić information content (AvgIpc) is 2.02. The van der Waals surface area contributed by atoms with E-state index in [0.717, 1.165) is 5.92 Å². The van der Waals surface area contributed by atoms with Gasteiger partial charge in [-0.2, -0.15) is 0 Å². The second-order valence-corrected chi connectivity index (χ2v) is 5.06. The molecule has 1 atom stereocenters. The lowest BCUT2D eigenvalue weighted by Gasteiger charge is -2.33. The Kier molecular flexibility index (Phi) is 5.82. The van der Waals surface area contributed by atoms with E-state index < -0.39 is 0 Å². The van der Waals surface area contributed by atoms with Gasteiger partial charge in [-0.3, -0.25) is 4.79 Å². The van der Waals surface area contributed by atoms with Crippen molar-refractivity contribution in [2.75, 3.05) is 7.11 Å². The first-order chi connectivity index (χ1) is 6.37. The van der Waals surface area contributed by atoms with Crippen LogP contribution in [0.2, 0.25) is 0 Å². The van der Waals surface area contributed by atoms with Crippen LogP contribution < -0.4 is 0 Å². The zero-order valence-electron chi connectivity index (χ0n) is 10.2. The SMILES string of the molecule is CC1CCCC(C)(C)C1.COC(C)=O. The molecule has 0 heterocycles. The number of esters is 1. The van der Waals surface area contributed by atoms with E-state index in [1.807, 2.05) is 0 Å². The van der Waals surface area contributed by atoms with E-state index in [1.165, 1.54) is 39.7 Å². The van der Waals surface area contributed by atoms with Crippen molar-refractivity contribution in [1.29, 1.82) is 0 Å². The fraction of sp³-hybridized carbons (Fsp3) is 0.917. The molecule has 0 N–H and O–H groups in total. The number of rotatable bonds is 0. The molecule has 0 radical (unpaired) electrons. The predicted octanol–water partition coefficient (Wildman–Crippen LogP) is 3.40. The maximum absolute atomic E-state index is 9.59. The van der Waals surface area contributed by atoms with Crippen LogP contribution in [0, 0.1) is 11.3 Å². The minimum atomic E-state index is -0.245. The zero-order valence-corrected chi connectivity index (χ0v) is 10.2. The molecule has 1 fully saturated rings. The molecule has 0 aromatic carbocycles. The summed E-state index contributed by atoms with van der Waals surface area (Å²) in [6.45, 7) is 8.52. The third kappa shape index (κ3) is 6.93. The predicted molar refractivity (Wildman–Crippen MR) is 59.1 cm³/mol. The Labute approximate surface area is 88.0 Å². The van der Waals surface area contributed by atoms with Gasteiger partial charge in [0.05, 0.1) is 7.11 Å². The molecule has 0 saturated heterocycles. The summed E-state index contributed by atoms with van der Waals surface area (Å²) in [6, 6.07) is 0. The van der Waals surface area contributed by atoms with Gasteiger partial charge in [-0.25, -0.2) is 0 Å². The van der Waals surface area contributed by atoms with Gasteiger partial charge in [-0.15, -0.1) is 0 Å². The molecule has 2 heteroatoms. The molecule has 1 aliphatic carbocycles. The Morgan fingerprint density at radius 3 is 2.14 bits per heavy atom. The summed E-state index contributed by atoms with van der Waals surface area (Å²) in [5, 5.41) is 0. The van der Waals surface area contributed by atoms with Crippen molar-refractivity contribution in [2.24, 2.45) is 11.3 Å². The van der Waals surface area contributed by atoms with Crippen molar-refractivity contribution in [1.82, 2.24) is 0 Å². The molecule has 0 spiro atoms. The van der Waals surface area contributed by atoms with Crippen LogP contribution in [0.1, 0.15) is 53.4 Å². The molecule has 0 aromatic rings. The molecule has 1 aliphatic rings. The standard InChI is InChI=1S/C9H18.C3H6O2/c1-8-5-4-6-9(2,3)7-8;1-3(4)5-2/h8H,4-7H2,1-3H3;1-2H3. The van der Waals surface area contributed by atoms with Crippen LogP contribution in [-0.2, 0) is 9.53 Å². The van der Waals surface area contributed by atoms with Crippen LogP contribution in [-0.4, -0.2) is 13.1 Å². The van der Waals surface area contributed by atoms with Crippen molar-refractivity contribution in [2.45, 2.75) is 53.4 Å². The molecule has 84 valence electrons. The second-order valence-electron chi connectivity index (χ2n) is 5.06. The molecule has 0 aliphatic heterocycles. The fourth-order valence-electron chi connectivity index (χ4n) is 2.08. The Bertz CT molecular complexity index is 173. The second kappa shape index (κ2) is 6.05. The van der Waals surface area contributed by atoms with Crippen molar-refractivity contribution < 1.29 is 9.53 Å². The highest BCUT2D eigenvalue weighted by atomic mass is 16.5. The van der Waals surface area contributed by atoms with Gasteiger partial charge in [0.15, 0.2) is 0 Å². The smallest absolute Gasteiger partial charge is 0.302 e. The minimum Gasteiger partial charge on any atom is -0.469 e. The molecule has 1 unspecified atom stereocenters. The topological polar surface area (TPSA) is 26.3 Å². The van der Waals surface area contributed by atoms with Crippen LogP contribution in [0.5, 0.6) is 0 Å². The van der Waals surface area contributed by atoms with Crippen LogP contribution in [0.4, 0.5) is 0 Å². The van der Waals surface area contributed by atoms with Crippen LogP contribution in [0.15, 0.2) is 0 Å². The summed E-state index contributed by atoms with van der Waals surface area (Å²) in [7, 11) is 1.35. The summed E-state index contributed by atoms with van der Waals surface area (Å²) in [4.78, 5) is 9.59. The Morgan fingerprint density at radius 1 is 1.43 bits per heavy atom. The third-order valence-electron chi connectivity index (χ3n) is 2.74. The summed E-state index contributed by atoms with van der Waals surface area (Å²) < 4.78 is 4.11. The third-order valence-corrected chi connectivity index (χ3v) is 2.74. The lowest BCUT2D eigenvalue weighted by molar-refractivity contribution is -0.137. The summed E-state index contributed by atoms with van der Waals surface area (Å²) >= 11 is 0. The maximum atomic E-state index is 9.59. The van der Waals surface area contributed by atoms with E-state index >= 15 is 0 Å². The van der Waals surface area contributed by atoms with Gasteiger partial charge in [0, 0.05) is 6.92 Å². The van der Waals surface area contributed by atoms with Gasteiger partial charge in [0.25, 0.3) is 0 Å². The lowest BCUT2D eigenvalue weighted by atomic mass is 9.73. The van der Waals surface area contributed by atoms with E-state index in [0.29, 0.717) is 5.41 Å². The Morgan fingerprint density at radius 2 is 1.93 bits per heavy atom. The zero-order chi connectivity index (χ0) is 11.2. The molecule has 0 bridgehead atoms. The Balaban J connectivity index is 0.000000292. The van der Waals surface area contributed by atoms with Gasteiger partial charge in [0.1, 0.15) is 0 Å². The van der Waals surface area contributed by atoms with Crippen molar-refractivity contribution in [3.05, 3.63) is 0 Å². The normalized spacial score (nSPS) is 24.5. The Hall–Kier alpha value is -0.530. The summed E-state index contributed by atoms with van der Waals surface area (Å²) in [6.07, 6.45) is 5.79. The lowest BCUT2D eigenvalue weighted by Crippen LogP contribution is -2.20. The van der Waals surface area contributed by atoms with Crippen molar-refractivity contribution >= 4 is 5.97 Å². The number of methoxy groups -OCH3 is 1. The number of hydrogen-bond acceptors (Lipinski definition) is 2. The molecule has 1 rings (SSSR count). The number of hydrogen-bond donors (Lipinski definition) is 0. The number of carbonyl (C=O) groups excluding carboxylic acids is 1. The molecule has 0 amide bonds. The highest BCUT2D eigenvalue weighted by molar-refractivity contribution is 5.65. The first kappa shape index (κ1) is 13.5. The first-order valence-electron chi connectivity index (χ1n) is 5.42. The molecule has 1 saturated carbocycles. The first-order valence-corrected chi connectivity index (χ1v) is 5.42. The maximum Gasteiger partial charge on any atom is 0.302 e. The van der Waals surface area contributed by atoms with Gasteiger partial charge in [-0.1, -0.05) is 33.6 Å². The van der Waals surface area contributed by atoms with Crippen molar-refractivity contribution in [3.63, 3.8) is 0 Å². The van der Waals surface area contributed by atoms with E-state index in [2.05, 4.69) is 25.5 Å². The summed E-state index contributed by atoms with van der Waals surface area (Å²) in [5.41, 5.74) is 0.650. The van der Waals surface area contributed by atoms with Crippen molar-refractivity contribution in [3.8, 4) is 0 Å². The van der Waals surface area contributed by atoms with E-state index in [-0.39, 0.29) is 5.97 Å². The highest BCUT2D eigenvalue weighted by Crippen LogP contribution is 2.37. The van der Waals surface area contributed by atoms with E-state index in [4.69, 9.17) is 0 Å². The van der Waals surface area contributed by atoms with Crippen LogP contribution in [0.25, 0.3) is 0 Å². The quantitative estimate of drug-likeness (QED) is 0.560. The molecule has 14 heavy (non-hydrogen) atoms. The van der Waals surface area contributed by atoms with E-state index in [9.17, 15) is 4.79 Å².